The quantitative estimate of drug-likeness (QED) is 0.387. The van der Waals surface area contributed by atoms with Gasteiger partial charge in [0.15, 0.2) is 0 Å². The molecule has 3 N–H and O–H groups in total. The SMILES string of the molecule is Cc1cc(COc2ccc(C3=CC(C4=C(C(=O)NO)CCC4)ON3)cc2)c2ccccc2n1. The molecule has 1 aliphatic carbocycles. The summed E-state index contributed by atoms with van der Waals surface area (Å²) in [5, 5.41) is 10.1. The van der Waals surface area contributed by atoms with Crippen LogP contribution in [0.15, 0.2) is 71.8 Å². The van der Waals surface area contributed by atoms with Gasteiger partial charge in [-0.1, -0.05) is 18.2 Å². The van der Waals surface area contributed by atoms with Crippen molar-refractivity contribution in [1.82, 2.24) is 15.9 Å². The molecule has 5 rings (SSSR count). The summed E-state index contributed by atoms with van der Waals surface area (Å²) in [7, 11) is 0. The molecule has 33 heavy (non-hydrogen) atoms. The summed E-state index contributed by atoms with van der Waals surface area (Å²) >= 11 is 0. The molecule has 1 atom stereocenters. The van der Waals surface area contributed by atoms with E-state index in [4.69, 9.17) is 14.8 Å². The molecule has 7 heteroatoms. The zero-order chi connectivity index (χ0) is 22.8. The van der Waals surface area contributed by atoms with Crippen molar-refractivity contribution in [3.05, 3.63) is 88.6 Å². The molecule has 0 saturated heterocycles. The molecule has 0 fully saturated rings. The van der Waals surface area contributed by atoms with Crippen LogP contribution < -0.4 is 15.7 Å². The lowest BCUT2D eigenvalue weighted by atomic mass is 10.0. The number of fused-ring (bicyclic) bond motifs is 1. The number of ether oxygens (including phenoxy) is 1. The molecule has 0 bridgehead atoms. The minimum absolute atomic E-state index is 0.325. The van der Waals surface area contributed by atoms with E-state index in [9.17, 15) is 4.79 Å². The van der Waals surface area contributed by atoms with Crippen LogP contribution in [0.4, 0.5) is 0 Å². The molecular weight excluding hydrogens is 418 g/mol. The zero-order valence-corrected chi connectivity index (χ0v) is 18.3. The van der Waals surface area contributed by atoms with Gasteiger partial charge in [0, 0.05) is 22.2 Å². The van der Waals surface area contributed by atoms with Gasteiger partial charge in [0.05, 0.1) is 11.2 Å². The molecule has 1 amide bonds. The molecule has 2 aliphatic rings. The lowest BCUT2D eigenvalue weighted by molar-refractivity contribution is -0.125. The zero-order valence-electron chi connectivity index (χ0n) is 18.3. The Morgan fingerprint density at radius 3 is 2.85 bits per heavy atom. The third-order valence-corrected chi connectivity index (χ3v) is 6.08. The lowest BCUT2D eigenvalue weighted by Crippen LogP contribution is -2.23. The Balaban J connectivity index is 1.29. The number of pyridine rings is 1. The van der Waals surface area contributed by atoms with Gasteiger partial charge in [0.25, 0.3) is 5.91 Å². The smallest absolute Gasteiger partial charge is 0.270 e. The summed E-state index contributed by atoms with van der Waals surface area (Å²) in [6.07, 6.45) is 3.93. The molecule has 2 aromatic carbocycles. The second-order valence-corrected chi connectivity index (χ2v) is 8.27. The van der Waals surface area contributed by atoms with Crippen molar-refractivity contribution >= 4 is 22.5 Å². The van der Waals surface area contributed by atoms with Crippen LogP contribution in [-0.4, -0.2) is 22.2 Å². The van der Waals surface area contributed by atoms with Crippen molar-refractivity contribution in [3.63, 3.8) is 0 Å². The Morgan fingerprint density at radius 2 is 2.03 bits per heavy atom. The first-order valence-electron chi connectivity index (χ1n) is 11.0. The normalized spacial score (nSPS) is 17.8. The van der Waals surface area contributed by atoms with Crippen LogP contribution in [0.3, 0.4) is 0 Å². The average molecular weight is 444 g/mol. The number of carbonyl (C=O) groups excluding carboxylic acids is 1. The molecule has 0 radical (unpaired) electrons. The third-order valence-electron chi connectivity index (χ3n) is 6.08. The van der Waals surface area contributed by atoms with Crippen LogP contribution in [-0.2, 0) is 16.2 Å². The van der Waals surface area contributed by atoms with E-state index in [1.807, 2.05) is 55.5 Å². The van der Waals surface area contributed by atoms with Crippen LogP contribution in [0, 0.1) is 6.92 Å². The van der Waals surface area contributed by atoms with Crippen LogP contribution in [0.1, 0.15) is 36.1 Å². The van der Waals surface area contributed by atoms with Crippen molar-refractivity contribution in [3.8, 4) is 5.75 Å². The second-order valence-electron chi connectivity index (χ2n) is 8.27. The summed E-state index contributed by atoms with van der Waals surface area (Å²) in [6.45, 7) is 2.45. The number of hydrogen-bond acceptors (Lipinski definition) is 6. The van der Waals surface area contributed by atoms with Gasteiger partial charge >= 0.3 is 0 Å². The van der Waals surface area contributed by atoms with Gasteiger partial charge in [0.2, 0.25) is 0 Å². The number of amides is 1. The Kier molecular flexibility index (Phi) is 5.81. The number of benzene rings is 2. The summed E-state index contributed by atoms with van der Waals surface area (Å²) in [5.41, 5.74) is 11.0. The van der Waals surface area contributed by atoms with E-state index in [-0.39, 0.29) is 6.10 Å². The number of hydrogen-bond donors (Lipinski definition) is 3. The molecule has 3 aromatic rings. The standard InChI is InChI=1S/C26H25N3O4/c1-16-13-18(20-5-2-3-8-23(20)27-16)15-32-19-11-9-17(10-12-19)24-14-25(33-29-24)21-6-4-7-22(21)26(30)28-31/h2-3,5,8-14,25,29,31H,4,6-7,15H2,1H3,(H,28,30). The number of aryl methyl sites for hydroxylation is 1. The van der Waals surface area contributed by atoms with E-state index < -0.39 is 5.91 Å². The number of hydroxylamine groups is 2. The highest BCUT2D eigenvalue weighted by atomic mass is 16.7. The van der Waals surface area contributed by atoms with Gasteiger partial charge in [-0.05, 0) is 79.8 Å². The highest BCUT2D eigenvalue weighted by Crippen LogP contribution is 2.34. The molecular formula is C26H25N3O4. The first kappa shape index (κ1) is 21.2. The van der Waals surface area contributed by atoms with Gasteiger partial charge < -0.3 is 4.74 Å². The molecule has 0 spiro atoms. The Hall–Kier alpha value is -3.68. The molecule has 1 aliphatic heterocycles. The maximum absolute atomic E-state index is 11.9. The van der Waals surface area contributed by atoms with E-state index in [0.717, 1.165) is 57.6 Å². The Labute approximate surface area is 191 Å². The minimum atomic E-state index is -0.452. The Bertz CT molecular complexity index is 1260. The monoisotopic (exact) mass is 443 g/mol. The molecule has 7 nitrogen and oxygen atoms in total. The van der Waals surface area contributed by atoms with Crippen molar-refractivity contribution in [1.29, 1.82) is 0 Å². The van der Waals surface area contributed by atoms with E-state index in [1.54, 1.807) is 5.48 Å². The van der Waals surface area contributed by atoms with Gasteiger partial charge in [-0.15, -0.1) is 0 Å². The highest BCUT2D eigenvalue weighted by Gasteiger charge is 2.29. The summed E-state index contributed by atoms with van der Waals surface area (Å²) in [4.78, 5) is 22.2. The highest BCUT2D eigenvalue weighted by molar-refractivity contribution is 5.94. The predicted molar refractivity (Wildman–Crippen MR) is 124 cm³/mol. The van der Waals surface area contributed by atoms with Crippen LogP contribution in [0.5, 0.6) is 5.75 Å². The van der Waals surface area contributed by atoms with E-state index in [2.05, 4.69) is 22.6 Å². The van der Waals surface area contributed by atoms with Gasteiger partial charge in [0.1, 0.15) is 18.5 Å². The fourth-order valence-electron chi connectivity index (χ4n) is 4.49. The molecule has 1 unspecified atom stereocenters. The van der Waals surface area contributed by atoms with Crippen LogP contribution >= 0.6 is 0 Å². The number of para-hydroxylation sites is 1. The van der Waals surface area contributed by atoms with Gasteiger partial charge in [-0.25, -0.2) is 5.48 Å². The first-order valence-corrected chi connectivity index (χ1v) is 11.0. The lowest BCUT2D eigenvalue weighted by Gasteiger charge is -2.11. The molecule has 0 saturated carbocycles. The second kappa shape index (κ2) is 9.05. The van der Waals surface area contributed by atoms with Crippen LogP contribution in [0.25, 0.3) is 16.6 Å². The average Bonchev–Trinajstić information content (AvgIpc) is 3.52. The summed E-state index contributed by atoms with van der Waals surface area (Å²) in [6, 6.07) is 17.9. The summed E-state index contributed by atoms with van der Waals surface area (Å²) < 4.78 is 6.05. The predicted octanol–water partition coefficient (Wildman–Crippen LogP) is 4.35. The molecule has 1 aromatic heterocycles. The van der Waals surface area contributed by atoms with Crippen molar-refractivity contribution in [2.45, 2.75) is 38.9 Å². The Morgan fingerprint density at radius 1 is 1.21 bits per heavy atom. The van der Waals surface area contributed by atoms with Crippen molar-refractivity contribution in [2.24, 2.45) is 0 Å². The first-order chi connectivity index (χ1) is 16.1. The largest absolute Gasteiger partial charge is 0.489 e. The maximum atomic E-state index is 11.9. The maximum Gasteiger partial charge on any atom is 0.270 e. The van der Waals surface area contributed by atoms with Crippen LogP contribution in [0.2, 0.25) is 0 Å². The van der Waals surface area contributed by atoms with Gasteiger partial charge in [-0.2, -0.15) is 0 Å². The van der Waals surface area contributed by atoms with Crippen molar-refractivity contribution in [2.75, 3.05) is 0 Å². The van der Waals surface area contributed by atoms with Crippen molar-refractivity contribution < 1.29 is 19.6 Å². The number of aromatic nitrogens is 1. The fraction of sp³-hybridized carbons (Fsp3) is 0.231. The molecule has 168 valence electrons. The van der Waals surface area contributed by atoms with E-state index >= 15 is 0 Å². The number of nitrogens with zero attached hydrogens (tertiary/aromatic N) is 1. The van der Waals surface area contributed by atoms with E-state index in [0.29, 0.717) is 18.6 Å². The number of rotatable bonds is 6. The molecule has 2 heterocycles. The minimum Gasteiger partial charge on any atom is -0.489 e. The number of carbonyl (C=O) groups is 1. The number of nitrogens with one attached hydrogen (secondary N) is 2. The van der Waals surface area contributed by atoms with E-state index in [1.165, 1.54) is 0 Å². The summed E-state index contributed by atoms with van der Waals surface area (Å²) in [5.74, 6) is 0.320. The van der Waals surface area contributed by atoms with Gasteiger partial charge in [-0.3, -0.25) is 25.3 Å². The fourth-order valence-corrected chi connectivity index (χ4v) is 4.49. The third kappa shape index (κ3) is 4.33. The topological polar surface area (TPSA) is 92.7 Å².